The van der Waals surface area contributed by atoms with Gasteiger partial charge in [-0.05, 0) is 24.3 Å². The van der Waals surface area contributed by atoms with Gasteiger partial charge in [-0.1, -0.05) is 18.2 Å². The lowest BCUT2D eigenvalue weighted by Crippen LogP contribution is -2.32. The molecule has 3 rings (SSSR count). The number of carbonyl (C=O) groups is 2. The maximum Gasteiger partial charge on any atom is 0.252 e. The summed E-state index contributed by atoms with van der Waals surface area (Å²) >= 11 is 0. The number of ether oxygens (including phenoxy) is 2. The third-order valence-corrected chi connectivity index (χ3v) is 4.15. The molecular weight excluding hydrogens is 388 g/mol. The quantitative estimate of drug-likeness (QED) is 0.418. The van der Waals surface area contributed by atoms with E-state index in [-0.39, 0.29) is 18.3 Å². The molecule has 0 spiro atoms. The van der Waals surface area contributed by atoms with Gasteiger partial charge in [0.1, 0.15) is 17.5 Å². The van der Waals surface area contributed by atoms with Crippen LogP contribution in [0.4, 0.5) is 11.4 Å². The second kappa shape index (κ2) is 9.41. The molecule has 30 heavy (non-hydrogen) atoms. The molecule has 0 bridgehead atoms. The first-order chi connectivity index (χ1) is 14.5. The molecule has 10 nitrogen and oxygen atoms in total. The number of rotatable bonds is 6. The molecule has 0 aliphatic carbocycles. The summed E-state index contributed by atoms with van der Waals surface area (Å²) in [4.78, 5) is 32.7. The van der Waals surface area contributed by atoms with Crippen molar-refractivity contribution in [3.8, 4) is 11.5 Å². The van der Waals surface area contributed by atoms with E-state index in [1.165, 1.54) is 14.2 Å². The number of methoxy groups -OCH3 is 2. The van der Waals surface area contributed by atoms with Crippen molar-refractivity contribution in [1.82, 2.24) is 5.32 Å². The SMILES string of the molecule is COc1ccc(NC(=O)C[C@H]2N=C(N=C(N)Nc3ccccc3)NC2=O)c(OC)c1. The average molecular weight is 410 g/mol. The molecule has 156 valence electrons. The highest BCUT2D eigenvalue weighted by atomic mass is 16.5. The van der Waals surface area contributed by atoms with Crippen LogP contribution in [0.3, 0.4) is 0 Å². The topological polar surface area (TPSA) is 139 Å². The van der Waals surface area contributed by atoms with Gasteiger partial charge in [0, 0.05) is 11.8 Å². The second-order valence-corrected chi connectivity index (χ2v) is 6.26. The number of amides is 2. The Balaban J connectivity index is 1.62. The predicted molar refractivity (Wildman–Crippen MR) is 114 cm³/mol. The summed E-state index contributed by atoms with van der Waals surface area (Å²) in [5.74, 6) is 0.302. The van der Waals surface area contributed by atoms with E-state index in [4.69, 9.17) is 15.2 Å². The molecule has 2 amide bonds. The van der Waals surface area contributed by atoms with E-state index < -0.39 is 17.9 Å². The van der Waals surface area contributed by atoms with Crippen LogP contribution in [0, 0.1) is 0 Å². The Kier molecular flexibility index (Phi) is 6.48. The highest BCUT2D eigenvalue weighted by Gasteiger charge is 2.29. The Hall–Kier alpha value is -4.08. The highest BCUT2D eigenvalue weighted by molar-refractivity contribution is 6.11. The third kappa shape index (κ3) is 5.25. The number of anilines is 2. The molecule has 1 atom stereocenters. The minimum Gasteiger partial charge on any atom is -0.497 e. The molecule has 2 aromatic rings. The first-order valence-electron chi connectivity index (χ1n) is 9.05. The van der Waals surface area contributed by atoms with Crippen LogP contribution in [0.1, 0.15) is 6.42 Å². The van der Waals surface area contributed by atoms with Crippen molar-refractivity contribution in [2.24, 2.45) is 15.7 Å². The third-order valence-electron chi connectivity index (χ3n) is 4.15. The van der Waals surface area contributed by atoms with E-state index in [1.54, 1.807) is 18.2 Å². The summed E-state index contributed by atoms with van der Waals surface area (Å²) in [6, 6.07) is 13.3. The zero-order valence-corrected chi connectivity index (χ0v) is 16.5. The van der Waals surface area contributed by atoms with E-state index in [1.807, 2.05) is 30.3 Å². The number of guanidine groups is 2. The summed E-state index contributed by atoms with van der Waals surface area (Å²) in [6.07, 6.45) is -0.161. The number of nitrogens with zero attached hydrogens (tertiary/aromatic N) is 2. The molecule has 0 radical (unpaired) electrons. The second-order valence-electron chi connectivity index (χ2n) is 6.26. The lowest BCUT2D eigenvalue weighted by molar-refractivity contribution is -0.123. The average Bonchev–Trinajstić information content (AvgIpc) is 3.07. The first kappa shape index (κ1) is 20.6. The molecule has 0 unspecified atom stereocenters. The molecule has 0 aromatic heterocycles. The van der Waals surface area contributed by atoms with E-state index in [2.05, 4.69) is 25.9 Å². The Morgan fingerprint density at radius 2 is 1.93 bits per heavy atom. The van der Waals surface area contributed by atoms with Gasteiger partial charge in [0.15, 0.2) is 0 Å². The number of carbonyl (C=O) groups excluding carboxylic acids is 2. The molecule has 0 fully saturated rings. The summed E-state index contributed by atoms with van der Waals surface area (Å²) in [6.45, 7) is 0. The largest absolute Gasteiger partial charge is 0.497 e. The minimum atomic E-state index is -0.905. The van der Waals surface area contributed by atoms with Gasteiger partial charge >= 0.3 is 0 Å². The molecule has 1 heterocycles. The fourth-order valence-corrected chi connectivity index (χ4v) is 2.72. The lowest BCUT2D eigenvalue weighted by Gasteiger charge is -2.12. The van der Waals surface area contributed by atoms with Crippen LogP contribution in [0.5, 0.6) is 11.5 Å². The normalized spacial score (nSPS) is 15.8. The minimum absolute atomic E-state index is 0.0424. The number of aliphatic imine (C=N–C) groups is 2. The summed E-state index contributed by atoms with van der Waals surface area (Å²) in [5, 5.41) is 8.10. The van der Waals surface area contributed by atoms with Gasteiger partial charge in [0.2, 0.25) is 17.8 Å². The van der Waals surface area contributed by atoms with Crippen LogP contribution in [0.25, 0.3) is 0 Å². The van der Waals surface area contributed by atoms with Gasteiger partial charge < -0.3 is 25.8 Å². The van der Waals surface area contributed by atoms with Crippen LogP contribution in [0.15, 0.2) is 58.5 Å². The fourth-order valence-electron chi connectivity index (χ4n) is 2.72. The molecule has 5 N–H and O–H groups in total. The maximum atomic E-state index is 12.4. The molecule has 1 aliphatic rings. The summed E-state index contributed by atoms with van der Waals surface area (Å²) in [5.41, 5.74) is 7.04. The first-order valence-corrected chi connectivity index (χ1v) is 9.05. The van der Waals surface area contributed by atoms with E-state index in [9.17, 15) is 9.59 Å². The van der Waals surface area contributed by atoms with Gasteiger partial charge in [-0.15, -0.1) is 0 Å². The molecule has 1 aliphatic heterocycles. The standard InChI is InChI=1S/C20H22N6O4/c1-29-13-8-9-14(16(10-13)30-2)23-17(27)11-15-18(28)25-20(24-15)26-19(21)22-12-6-4-3-5-7-12/h3-10,15H,11H2,1-2H3,(H,23,27)(H4,21,22,24,25,26,28)/t15-/m1/s1. The van der Waals surface area contributed by atoms with Gasteiger partial charge in [0.05, 0.1) is 26.3 Å². The zero-order chi connectivity index (χ0) is 21.5. The number of hydrogen-bond acceptors (Lipinski definition) is 6. The smallest absolute Gasteiger partial charge is 0.252 e. The number of nitrogens with one attached hydrogen (secondary N) is 3. The Morgan fingerprint density at radius 3 is 2.63 bits per heavy atom. The predicted octanol–water partition coefficient (Wildman–Crippen LogP) is 1.31. The number of para-hydroxylation sites is 1. The fraction of sp³-hybridized carbons (Fsp3) is 0.200. The lowest BCUT2D eigenvalue weighted by atomic mass is 10.2. The van der Waals surface area contributed by atoms with Crippen molar-refractivity contribution in [2.45, 2.75) is 12.5 Å². The van der Waals surface area contributed by atoms with Crippen molar-refractivity contribution in [2.75, 3.05) is 24.9 Å². The van der Waals surface area contributed by atoms with Crippen molar-refractivity contribution in [1.29, 1.82) is 0 Å². The van der Waals surface area contributed by atoms with Crippen molar-refractivity contribution >= 4 is 35.1 Å². The number of nitrogens with two attached hydrogens (primary N) is 1. The van der Waals surface area contributed by atoms with Crippen LogP contribution >= 0.6 is 0 Å². The molecule has 0 saturated heterocycles. The number of hydrogen-bond donors (Lipinski definition) is 4. The molecular formula is C20H22N6O4. The van der Waals surface area contributed by atoms with Gasteiger partial charge in [-0.3, -0.25) is 14.9 Å². The van der Waals surface area contributed by atoms with Crippen molar-refractivity contribution in [3.63, 3.8) is 0 Å². The summed E-state index contributed by atoms with van der Waals surface area (Å²) < 4.78 is 10.4. The van der Waals surface area contributed by atoms with E-state index in [0.29, 0.717) is 17.2 Å². The molecule has 2 aromatic carbocycles. The molecule has 10 heteroatoms. The van der Waals surface area contributed by atoms with Crippen LogP contribution in [-0.2, 0) is 9.59 Å². The van der Waals surface area contributed by atoms with Crippen LogP contribution in [-0.4, -0.2) is 44.0 Å². The number of benzene rings is 2. The highest BCUT2D eigenvalue weighted by Crippen LogP contribution is 2.29. The van der Waals surface area contributed by atoms with Crippen molar-refractivity contribution < 1.29 is 19.1 Å². The van der Waals surface area contributed by atoms with Gasteiger partial charge in [-0.25, -0.2) is 4.99 Å². The zero-order valence-electron chi connectivity index (χ0n) is 16.5. The van der Waals surface area contributed by atoms with Crippen molar-refractivity contribution in [3.05, 3.63) is 48.5 Å². The molecule has 0 saturated carbocycles. The maximum absolute atomic E-state index is 12.4. The Morgan fingerprint density at radius 1 is 1.17 bits per heavy atom. The van der Waals surface area contributed by atoms with Crippen LogP contribution in [0.2, 0.25) is 0 Å². The van der Waals surface area contributed by atoms with Gasteiger partial charge in [-0.2, -0.15) is 4.99 Å². The Bertz CT molecular complexity index is 990. The monoisotopic (exact) mass is 410 g/mol. The van der Waals surface area contributed by atoms with Gasteiger partial charge in [0.25, 0.3) is 5.91 Å². The van der Waals surface area contributed by atoms with E-state index >= 15 is 0 Å². The summed E-state index contributed by atoms with van der Waals surface area (Å²) in [7, 11) is 3.02. The Labute approximate surface area is 173 Å². The van der Waals surface area contributed by atoms with Crippen LogP contribution < -0.4 is 31.2 Å². The van der Waals surface area contributed by atoms with E-state index in [0.717, 1.165) is 5.69 Å².